The van der Waals surface area contributed by atoms with Crippen molar-refractivity contribution in [3.8, 4) is 0 Å². The molecule has 1 heterocycles. The third-order valence-electron chi connectivity index (χ3n) is 3.30. The van der Waals surface area contributed by atoms with E-state index in [4.69, 9.17) is 0 Å². The highest BCUT2D eigenvalue weighted by atomic mass is 16.2. The molecule has 1 aromatic rings. The van der Waals surface area contributed by atoms with Crippen LogP contribution in [0.1, 0.15) is 18.9 Å². The van der Waals surface area contributed by atoms with E-state index in [0.29, 0.717) is 26.1 Å². The lowest BCUT2D eigenvalue weighted by Crippen LogP contribution is -2.35. The summed E-state index contributed by atoms with van der Waals surface area (Å²) in [4.78, 5) is 30.7. The van der Waals surface area contributed by atoms with Crippen LogP contribution in [-0.4, -0.2) is 53.3 Å². The Balaban J connectivity index is 2.36. The number of carbonyl (C=O) groups is 2. The fourth-order valence-corrected chi connectivity index (χ4v) is 1.93. The first-order valence-corrected chi connectivity index (χ1v) is 7.04. The van der Waals surface area contributed by atoms with Gasteiger partial charge in [0.1, 0.15) is 0 Å². The summed E-state index contributed by atoms with van der Waals surface area (Å²) in [5, 5.41) is 0. The molecule has 1 rings (SSSR count). The molecule has 0 spiro atoms. The molecule has 21 heavy (non-hydrogen) atoms. The van der Waals surface area contributed by atoms with Gasteiger partial charge < -0.3 is 9.80 Å². The average Bonchev–Trinajstić information content (AvgIpc) is 2.49. The van der Waals surface area contributed by atoms with E-state index in [2.05, 4.69) is 11.6 Å². The number of hydrogen-bond acceptors (Lipinski definition) is 3. The quantitative estimate of drug-likeness (QED) is 0.682. The average molecular weight is 289 g/mol. The number of rotatable bonds is 8. The van der Waals surface area contributed by atoms with Crippen molar-refractivity contribution in [1.29, 1.82) is 0 Å². The Hall–Kier alpha value is -2.17. The number of hydrogen-bond donors (Lipinski definition) is 0. The first-order valence-electron chi connectivity index (χ1n) is 7.04. The number of likely N-dealkylation sites (N-methyl/N-ethyl adjacent to an activating group) is 1. The lowest BCUT2D eigenvalue weighted by molar-refractivity contribution is -0.132. The van der Waals surface area contributed by atoms with Gasteiger partial charge in [-0.1, -0.05) is 6.08 Å². The van der Waals surface area contributed by atoms with Crippen molar-refractivity contribution < 1.29 is 9.59 Å². The molecular weight excluding hydrogens is 266 g/mol. The van der Waals surface area contributed by atoms with Crippen molar-refractivity contribution >= 4 is 11.8 Å². The monoisotopic (exact) mass is 289 g/mol. The van der Waals surface area contributed by atoms with E-state index in [0.717, 1.165) is 12.0 Å². The second-order valence-corrected chi connectivity index (χ2v) is 4.92. The maximum atomic E-state index is 12.0. The summed E-state index contributed by atoms with van der Waals surface area (Å²) in [7, 11) is 1.79. The van der Waals surface area contributed by atoms with Crippen LogP contribution in [-0.2, 0) is 16.0 Å². The van der Waals surface area contributed by atoms with Gasteiger partial charge >= 0.3 is 0 Å². The van der Waals surface area contributed by atoms with Crippen molar-refractivity contribution in [2.24, 2.45) is 0 Å². The van der Waals surface area contributed by atoms with Crippen molar-refractivity contribution in [1.82, 2.24) is 14.8 Å². The van der Waals surface area contributed by atoms with E-state index < -0.39 is 0 Å². The first-order chi connectivity index (χ1) is 10.0. The second kappa shape index (κ2) is 8.89. The van der Waals surface area contributed by atoms with Crippen molar-refractivity contribution in [3.63, 3.8) is 0 Å². The highest BCUT2D eigenvalue weighted by Gasteiger charge is 2.12. The zero-order valence-corrected chi connectivity index (χ0v) is 12.8. The molecule has 5 nitrogen and oxygen atoms in total. The SMILES string of the molecule is C=CCN(CCC(=O)N(C)CCc1ccncc1)C(C)=O. The zero-order valence-electron chi connectivity index (χ0n) is 12.8. The van der Waals surface area contributed by atoms with E-state index in [1.165, 1.54) is 6.92 Å². The topological polar surface area (TPSA) is 53.5 Å². The number of pyridine rings is 1. The number of amides is 2. The van der Waals surface area contributed by atoms with Crippen LogP contribution in [0.25, 0.3) is 0 Å². The van der Waals surface area contributed by atoms with Gasteiger partial charge in [0, 0.05) is 52.4 Å². The van der Waals surface area contributed by atoms with Crippen LogP contribution in [0.5, 0.6) is 0 Å². The van der Waals surface area contributed by atoms with Gasteiger partial charge in [0.05, 0.1) is 0 Å². The van der Waals surface area contributed by atoms with Crippen LogP contribution >= 0.6 is 0 Å². The molecule has 2 amide bonds. The normalized spacial score (nSPS) is 10.0. The Kier molecular flexibility index (Phi) is 7.15. The van der Waals surface area contributed by atoms with Gasteiger partial charge in [-0.2, -0.15) is 0 Å². The summed E-state index contributed by atoms with van der Waals surface area (Å²) in [5.41, 5.74) is 1.15. The molecule has 114 valence electrons. The molecule has 0 aliphatic heterocycles. The van der Waals surface area contributed by atoms with E-state index >= 15 is 0 Å². The van der Waals surface area contributed by atoms with Gasteiger partial charge in [0.25, 0.3) is 0 Å². The Morgan fingerprint density at radius 3 is 2.52 bits per heavy atom. The Morgan fingerprint density at radius 2 is 1.95 bits per heavy atom. The molecule has 1 aromatic heterocycles. The molecule has 0 saturated heterocycles. The molecule has 0 fully saturated rings. The van der Waals surface area contributed by atoms with Crippen LogP contribution < -0.4 is 0 Å². The molecule has 0 atom stereocenters. The Bertz CT molecular complexity index is 474. The predicted molar refractivity (Wildman–Crippen MR) is 82.6 cm³/mol. The van der Waals surface area contributed by atoms with Crippen LogP contribution in [0, 0.1) is 0 Å². The van der Waals surface area contributed by atoms with Gasteiger partial charge in [0.15, 0.2) is 0 Å². The fraction of sp³-hybridized carbons (Fsp3) is 0.438. The Morgan fingerprint density at radius 1 is 1.29 bits per heavy atom. The number of aromatic nitrogens is 1. The van der Waals surface area contributed by atoms with Gasteiger partial charge in [-0.15, -0.1) is 6.58 Å². The predicted octanol–water partition coefficient (Wildman–Crippen LogP) is 1.51. The minimum atomic E-state index is -0.0397. The number of nitrogens with zero attached hydrogens (tertiary/aromatic N) is 3. The molecule has 0 aromatic carbocycles. The van der Waals surface area contributed by atoms with E-state index in [1.54, 1.807) is 35.3 Å². The largest absolute Gasteiger partial charge is 0.345 e. The van der Waals surface area contributed by atoms with Gasteiger partial charge in [0.2, 0.25) is 11.8 Å². The maximum Gasteiger partial charge on any atom is 0.224 e. The summed E-state index contributed by atoms with van der Waals surface area (Å²) in [6.45, 7) is 6.68. The molecule has 0 radical (unpaired) electrons. The van der Waals surface area contributed by atoms with Crippen LogP contribution in [0.15, 0.2) is 37.2 Å². The molecule has 0 aliphatic carbocycles. The third kappa shape index (κ3) is 6.21. The lowest BCUT2D eigenvalue weighted by atomic mass is 10.2. The van der Waals surface area contributed by atoms with Crippen LogP contribution in [0.2, 0.25) is 0 Å². The van der Waals surface area contributed by atoms with Gasteiger partial charge in [-0.05, 0) is 24.1 Å². The third-order valence-corrected chi connectivity index (χ3v) is 3.30. The molecule has 0 aliphatic rings. The lowest BCUT2D eigenvalue weighted by Gasteiger charge is -2.22. The molecule has 0 N–H and O–H groups in total. The molecule has 0 saturated carbocycles. The molecule has 5 heteroatoms. The molecule has 0 bridgehead atoms. The maximum absolute atomic E-state index is 12.0. The van der Waals surface area contributed by atoms with Crippen molar-refractivity contribution in [3.05, 3.63) is 42.7 Å². The minimum absolute atomic E-state index is 0.0397. The smallest absolute Gasteiger partial charge is 0.224 e. The minimum Gasteiger partial charge on any atom is -0.345 e. The summed E-state index contributed by atoms with van der Waals surface area (Å²) in [5.74, 6) is 0.00140. The van der Waals surface area contributed by atoms with Gasteiger partial charge in [-0.25, -0.2) is 0 Å². The summed E-state index contributed by atoms with van der Waals surface area (Å²) in [6.07, 6.45) is 6.29. The van der Waals surface area contributed by atoms with E-state index in [-0.39, 0.29) is 11.8 Å². The highest BCUT2D eigenvalue weighted by molar-refractivity contribution is 5.78. The zero-order chi connectivity index (χ0) is 15.7. The van der Waals surface area contributed by atoms with Gasteiger partial charge in [-0.3, -0.25) is 14.6 Å². The Labute approximate surface area is 126 Å². The summed E-state index contributed by atoms with van der Waals surface area (Å²) in [6, 6.07) is 3.89. The summed E-state index contributed by atoms with van der Waals surface area (Å²) >= 11 is 0. The second-order valence-electron chi connectivity index (χ2n) is 4.92. The van der Waals surface area contributed by atoms with Crippen LogP contribution in [0.4, 0.5) is 0 Å². The van der Waals surface area contributed by atoms with Crippen molar-refractivity contribution in [2.75, 3.05) is 26.7 Å². The van der Waals surface area contributed by atoms with E-state index in [9.17, 15) is 9.59 Å². The van der Waals surface area contributed by atoms with E-state index in [1.807, 2.05) is 12.1 Å². The fourth-order valence-electron chi connectivity index (χ4n) is 1.93. The molecular formula is C16H23N3O2. The highest BCUT2D eigenvalue weighted by Crippen LogP contribution is 2.01. The van der Waals surface area contributed by atoms with Crippen molar-refractivity contribution in [2.45, 2.75) is 19.8 Å². The first kappa shape index (κ1) is 16.9. The standard InChI is InChI=1S/C16H23N3O2/c1-4-11-19(14(2)20)13-8-16(21)18(3)12-7-15-5-9-17-10-6-15/h4-6,9-10H,1,7-8,11-13H2,2-3H3. The van der Waals surface area contributed by atoms with Crippen LogP contribution in [0.3, 0.4) is 0 Å². The molecule has 0 unspecified atom stereocenters. The summed E-state index contributed by atoms with van der Waals surface area (Å²) < 4.78 is 0. The number of carbonyl (C=O) groups excluding carboxylic acids is 2.